The standard InChI is InChI=1S/C26H39NO10/c1-7-13-34-23(30)36-19-11-10-18(16-20(19)37-24(31)35-14-8-2)17-26(27,22(29)32-6)12-15-33-21(28)25(4,5)9-3/h10-11,16H,7-9,12-15,17,27H2,1-6H3/t26-/m1/s1. The van der Waals surface area contributed by atoms with E-state index in [2.05, 4.69) is 0 Å². The van der Waals surface area contributed by atoms with E-state index >= 15 is 0 Å². The van der Waals surface area contributed by atoms with Crippen molar-refractivity contribution in [1.82, 2.24) is 0 Å². The highest BCUT2D eigenvalue weighted by atomic mass is 16.7. The zero-order valence-electron chi connectivity index (χ0n) is 22.5. The molecule has 11 heteroatoms. The Bertz CT molecular complexity index is 930. The third kappa shape index (κ3) is 10.3. The molecule has 0 amide bonds. The second-order valence-electron chi connectivity index (χ2n) is 9.13. The van der Waals surface area contributed by atoms with E-state index in [9.17, 15) is 19.2 Å². The molecule has 0 radical (unpaired) electrons. The molecule has 1 rings (SSSR count). The number of benzene rings is 1. The summed E-state index contributed by atoms with van der Waals surface area (Å²) in [5.41, 5.74) is 4.62. The Balaban J connectivity index is 3.15. The summed E-state index contributed by atoms with van der Waals surface area (Å²) in [6.45, 7) is 9.23. The number of ether oxygens (including phenoxy) is 6. The molecule has 1 atom stereocenters. The van der Waals surface area contributed by atoms with Crippen molar-refractivity contribution in [1.29, 1.82) is 0 Å². The maximum atomic E-state index is 12.6. The summed E-state index contributed by atoms with van der Waals surface area (Å²) in [4.78, 5) is 48.9. The summed E-state index contributed by atoms with van der Waals surface area (Å²) < 4.78 is 30.5. The minimum atomic E-state index is -1.56. The highest BCUT2D eigenvalue weighted by Gasteiger charge is 2.37. The van der Waals surface area contributed by atoms with Gasteiger partial charge in [0.15, 0.2) is 11.5 Å². The van der Waals surface area contributed by atoms with Gasteiger partial charge in [0.2, 0.25) is 0 Å². The SMILES string of the molecule is CCCOC(=O)Oc1ccc(C[C@](N)(CCOC(=O)C(C)(C)CC)C(=O)OC)cc1OC(=O)OCCC. The van der Waals surface area contributed by atoms with E-state index in [4.69, 9.17) is 34.2 Å². The normalized spacial score (nSPS) is 12.6. The Labute approximate surface area is 217 Å². The van der Waals surface area contributed by atoms with E-state index in [1.807, 2.05) is 20.8 Å². The zero-order valence-corrected chi connectivity index (χ0v) is 22.5. The summed E-state index contributed by atoms with van der Waals surface area (Å²) in [5, 5.41) is 0. The van der Waals surface area contributed by atoms with Crippen molar-refractivity contribution in [2.24, 2.45) is 11.1 Å². The Morgan fingerprint density at radius 2 is 1.38 bits per heavy atom. The van der Waals surface area contributed by atoms with Crippen LogP contribution < -0.4 is 15.2 Å². The highest BCUT2D eigenvalue weighted by molar-refractivity contribution is 5.81. The fourth-order valence-electron chi connectivity index (χ4n) is 2.93. The van der Waals surface area contributed by atoms with Crippen LogP contribution in [0.15, 0.2) is 18.2 Å². The molecule has 0 bridgehead atoms. The van der Waals surface area contributed by atoms with Crippen LogP contribution in [-0.4, -0.2) is 56.7 Å². The van der Waals surface area contributed by atoms with Gasteiger partial charge in [-0.05, 0) is 50.8 Å². The third-order valence-corrected chi connectivity index (χ3v) is 5.57. The van der Waals surface area contributed by atoms with Crippen LogP contribution in [0.1, 0.15) is 65.9 Å². The van der Waals surface area contributed by atoms with Gasteiger partial charge < -0.3 is 34.2 Å². The number of hydrogen-bond donors (Lipinski definition) is 1. The molecule has 37 heavy (non-hydrogen) atoms. The average molecular weight is 526 g/mol. The van der Waals surface area contributed by atoms with Crippen LogP contribution >= 0.6 is 0 Å². The van der Waals surface area contributed by atoms with Gasteiger partial charge in [-0.25, -0.2) is 9.59 Å². The molecule has 0 saturated heterocycles. The summed E-state index contributed by atoms with van der Waals surface area (Å²) in [7, 11) is 1.20. The Hall–Kier alpha value is -3.34. The summed E-state index contributed by atoms with van der Waals surface area (Å²) in [5.74, 6) is -1.34. The summed E-state index contributed by atoms with van der Waals surface area (Å²) in [6.07, 6.45) is -0.296. The molecule has 11 nitrogen and oxygen atoms in total. The van der Waals surface area contributed by atoms with E-state index in [0.29, 0.717) is 24.8 Å². The first-order valence-electron chi connectivity index (χ1n) is 12.3. The minimum Gasteiger partial charge on any atom is -0.468 e. The van der Waals surface area contributed by atoms with Crippen LogP contribution in [0.4, 0.5) is 9.59 Å². The van der Waals surface area contributed by atoms with Crippen LogP contribution in [0.5, 0.6) is 11.5 Å². The molecule has 0 spiro atoms. The maximum absolute atomic E-state index is 12.6. The lowest BCUT2D eigenvalue weighted by molar-refractivity contribution is -0.157. The lowest BCUT2D eigenvalue weighted by Gasteiger charge is -2.28. The molecule has 0 aromatic heterocycles. The van der Waals surface area contributed by atoms with Crippen molar-refractivity contribution in [3.8, 4) is 11.5 Å². The minimum absolute atomic E-state index is 0.0263. The first-order valence-corrected chi connectivity index (χ1v) is 12.3. The predicted octanol–water partition coefficient (Wildman–Crippen LogP) is 4.32. The highest BCUT2D eigenvalue weighted by Crippen LogP contribution is 2.31. The number of carbonyl (C=O) groups excluding carboxylic acids is 4. The molecule has 0 saturated carbocycles. The topological polar surface area (TPSA) is 150 Å². The molecule has 2 N–H and O–H groups in total. The van der Waals surface area contributed by atoms with Crippen LogP contribution in [-0.2, 0) is 35.0 Å². The molecular formula is C26H39NO10. The molecular weight excluding hydrogens is 486 g/mol. The van der Waals surface area contributed by atoms with Crippen LogP contribution in [0.25, 0.3) is 0 Å². The summed E-state index contributed by atoms with van der Waals surface area (Å²) >= 11 is 0. The van der Waals surface area contributed by atoms with Gasteiger partial charge in [-0.15, -0.1) is 0 Å². The number of hydrogen-bond acceptors (Lipinski definition) is 11. The molecule has 0 unspecified atom stereocenters. The van der Waals surface area contributed by atoms with E-state index in [0.717, 1.165) is 0 Å². The number of rotatable bonds is 14. The predicted molar refractivity (Wildman–Crippen MR) is 133 cm³/mol. The third-order valence-electron chi connectivity index (χ3n) is 5.57. The second-order valence-corrected chi connectivity index (χ2v) is 9.13. The summed E-state index contributed by atoms with van der Waals surface area (Å²) in [6, 6.07) is 4.32. The van der Waals surface area contributed by atoms with E-state index in [1.165, 1.54) is 19.2 Å². The lowest BCUT2D eigenvalue weighted by atomic mass is 9.88. The van der Waals surface area contributed by atoms with Crippen molar-refractivity contribution in [3.05, 3.63) is 23.8 Å². The monoisotopic (exact) mass is 525 g/mol. The van der Waals surface area contributed by atoms with Crippen LogP contribution in [0.2, 0.25) is 0 Å². The van der Waals surface area contributed by atoms with Crippen molar-refractivity contribution in [2.75, 3.05) is 26.9 Å². The van der Waals surface area contributed by atoms with Crippen LogP contribution in [0.3, 0.4) is 0 Å². The van der Waals surface area contributed by atoms with Gasteiger partial charge in [-0.1, -0.05) is 26.8 Å². The number of esters is 2. The van der Waals surface area contributed by atoms with E-state index in [1.54, 1.807) is 19.9 Å². The first kappa shape index (κ1) is 31.7. The quantitative estimate of drug-likeness (QED) is 0.210. The smallest absolute Gasteiger partial charge is 0.468 e. The Morgan fingerprint density at radius 3 is 1.89 bits per heavy atom. The van der Waals surface area contributed by atoms with Gasteiger partial charge in [0.05, 0.1) is 32.3 Å². The van der Waals surface area contributed by atoms with Crippen LogP contribution in [0, 0.1) is 5.41 Å². The maximum Gasteiger partial charge on any atom is 0.513 e. The Morgan fingerprint density at radius 1 is 0.811 bits per heavy atom. The van der Waals surface area contributed by atoms with Gasteiger partial charge in [-0.2, -0.15) is 0 Å². The van der Waals surface area contributed by atoms with Gasteiger partial charge in [0, 0.05) is 12.8 Å². The van der Waals surface area contributed by atoms with Crippen molar-refractivity contribution in [3.63, 3.8) is 0 Å². The largest absolute Gasteiger partial charge is 0.513 e. The molecule has 208 valence electrons. The van der Waals surface area contributed by atoms with Gasteiger partial charge >= 0.3 is 24.2 Å². The van der Waals surface area contributed by atoms with Gasteiger partial charge in [0.1, 0.15) is 5.54 Å². The molecule has 0 heterocycles. The number of nitrogens with two attached hydrogens (primary N) is 1. The molecule has 0 fully saturated rings. The average Bonchev–Trinajstić information content (AvgIpc) is 2.86. The van der Waals surface area contributed by atoms with Crippen molar-refractivity contribution >= 4 is 24.2 Å². The van der Waals surface area contributed by atoms with Crippen molar-refractivity contribution in [2.45, 2.75) is 72.3 Å². The Kier molecular flexibility index (Phi) is 12.9. The van der Waals surface area contributed by atoms with Gasteiger partial charge in [-0.3, -0.25) is 9.59 Å². The second kappa shape index (κ2) is 15.0. The van der Waals surface area contributed by atoms with Gasteiger partial charge in [0.25, 0.3) is 0 Å². The van der Waals surface area contributed by atoms with Crippen molar-refractivity contribution < 1.29 is 47.6 Å². The van der Waals surface area contributed by atoms with E-state index < -0.39 is 35.2 Å². The molecule has 1 aromatic rings. The number of methoxy groups -OCH3 is 1. The lowest BCUT2D eigenvalue weighted by Crippen LogP contribution is -2.51. The first-order chi connectivity index (χ1) is 17.4. The molecule has 0 aliphatic rings. The van der Waals surface area contributed by atoms with E-state index in [-0.39, 0.29) is 44.2 Å². The molecule has 0 aliphatic carbocycles. The number of carbonyl (C=O) groups is 4. The molecule has 1 aromatic carbocycles. The molecule has 0 aliphatic heterocycles. The fraction of sp³-hybridized carbons (Fsp3) is 0.615. The fourth-order valence-corrected chi connectivity index (χ4v) is 2.93. The zero-order chi connectivity index (χ0) is 28.1.